The Morgan fingerprint density at radius 1 is 1.03 bits per heavy atom. The van der Waals surface area contributed by atoms with E-state index >= 15 is 0 Å². The standard InChI is InChI=1S/C27H27ClN4O4S/c1-3-36-25-12-10-24(11-13-25)32(37(34,35)26-14-6-22(28)7-15-26)19-27(33)30-18-21-4-8-23(9-5-21)31-17-16-29-20(31)2/h4-17H,3,18-19H2,1-2H3,(H,30,33). The number of nitrogens with one attached hydrogen (secondary N) is 1. The molecule has 8 nitrogen and oxygen atoms in total. The van der Waals surface area contributed by atoms with Crippen LogP contribution in [-0.4, -0.2) is 37.0 Å². The second kappa shape index (κ2) is 11.5. The van der Waals surface area contributed by atoms with Crippen LogP contribution in [0.25, 0.3) is 5.69 Å². The van der Waals surface area contributed by atoms with E-state index in [2.05, 4.69) is 10.3 Å². The van der Waals surface area contributed by atoms with Crippen LogP contribution in [0.3, 0.4) is 0 Å². The van der Waals surface area contributed by atoms with Crippen LogP contribution in [0.1, 0.15) is 18.3 Å². The summed E-state index contributed by atoms with van der Waals surface area (Å²) in [5.41, 5.74) is 2.18. The molecule has 0 spiro atoms. The summed E-state index contributed by atoms with van der Waals surface area (Å²) in [6.45, 7) is 4.12. The lowest BCUT2D eigenvalue weighted by molar-refractivity contribution is -0.119. The molecule has 10 heteroatoms. The van der Waals surface area contributed by atoms with E-state index in [-0.39, 0.29) is 11.4 Å². The number of halogens is 1. The Labute approximate surface area is 221 Å². The van der Waals surface area contributed by atoms with E-state index in [4.69, 9.17) is 16.3 Å². The molecule has 1 aromatic heterocycles. The Morgan fingerprint density at radius 2 is 1.70 bits per heavy atom. The molecular weight excluding hydrogens is 512 g/mol. The van der Waals surface area contributed by atoms with Gasteiger partial charge in [-0.05, 0) is 80.1 Å². The van der Waals surface area contributed by atoms with Crippen molar-refractivity contribution in [3.8, 4) is 11.4 Å². The summed E-state index contributed by atoms with van der Waals surface area (Å²) in [5, 5.41) is 3.23. The molecule has 0 aliphatic rings. The van der Waals surface area contributed by atoms with Crippen molar-refractivity contribution in [1.82, 2.24) is 14.9 Å². The predicted molar refractivity (Wildman–Crippen MR) is 144 cm³/mol. The lowest BCUT2D eigenvalue weighted by atomic mass is 10.2. The zero-order valence-electron chi connectivity index (χ0n) is 20.5. The van der Waals surface area contributed by atoms with Crippen LogP contribution < -0.4 is 14.4 Å². The van der Waals surface area contributed by atoms with Crippen molar-refractivity contribution in [2.45, 2.75) is 25.3 Å². The zero-order valence-corrected chi connectivity index (χ0v) is 22.0. The van der Waals surface area contributed by atoms with Gasteiger partial charge in [-0.25, -0.2) is 13.4 Å². The predicted octanol–water partition coefficient (Wildman–Crippen LogP) is 4.74. The van der Waals surface area contributed by atoms with Crippen LogP contribution in [0.15, 0.2) is 90.1 Å². The van der Waals surface area contributed by atoms with Crippen LogP contribution in [0.5, 0.6) is 5.75 Å². The molecule has 0 saturated carbocycles. The number of anilines is 1. The minimum atomic E-state index is -4.04. The maximum atomic E-state index is 13.5. The largest absolute Gasteiger partial charge is 0.494 e. The van der Waals surface area contributed by atoms with Gasteiger partial charge < -0.3 is 14.6 Å². The molecule has 0 radical (unpaired) electrons. The Balaban J connectivity index is 1.51. The monoisotopic (exact) mass is 538 g/mol. The number of carbonyl (C=O) groups excluding carboxylic acids is 1. The molecule has 0 aliphatic heterocycles. The van der Waals surface area contributed by atoms with Crippen molar-refractivity contribution < 1.29 is 17.9 Å². The highest BCUT2D eigenvalue weighted by Gasteiger charge is 2.27. The topological polar surface area (TPSA) is 93.5 Å². The smallest absolute Gasteiger partial charge is 0.264 e. The molecule has 4 rings (SSSR count). The molecule has 0 aliphatic carbocycles. The van der Waals surface area contributed by atoms with Gasteiger partial charge >= 0.3 is 0 Å². The minimum Gasteiger partial charge on any atom is -0.494 e. The van der Waals surface area contributed by atoms with Gasteiger partial charge in [-0.2, -0.15) is 0 Å². The molecule has 0 fully saturated rings. The summed E-state index contributed by atoms with van der Waals surface area (Å²) < 4.78 is 35.5. The van der Waals surface area contributed by atoms with E-state index in [0.717, 1.165) is 21.4 Å². The van der Waals surface area contributed by atoms with E-state index in [0.29, 0.717) is 23.1 Å². The van der Waals surface area contributed by atoms with Crippen LogP contribution in [0.2, 0.25) is 5.02 Å². The molecule has 0 bridgehead atoms. The number of aromatic nitrogens is 2. The van der Waals surface area contributed by atoms with E-state index < -0.39 is 22.5 Å². The second-order valence-electron chi connectivity index (χ2n) is 8.18. The fourth-order valence-corrected chi connectivity index (χ4v) is 5.28. The Bertz CT molecular complexity index is 1450. The Morgan fingerprint density at radius 3 is 2.30 bits per heavy atom. The van der Waals surface area contributed by atoms with Crippen LogP contribution in [0, 0.1) is 6.92 Å². The minimum absolute atomic E-state index is 0.0315. The number of hydrogen-bond acceptors (Lipinski definition) is 5. The highest BCUT2D eigenvalue weighted by Crippen LogP contribution is 2.26. The van der Waals surface area contributed by atoms with E-state index in [1.807, 2.05) is 48.9 Å². The molecular formula is C27H27ClN4O4S. The summed E-state index contributed by atoms with van der Waals surface area (Å²) in [5.74, 6) is 1.03. The number of sulfonamides is 1. The number of ether oxygens (including phenoxy) is 1. The van der Waals surface area contributed by atoms with Crippen molar-refractivity contribution in [2.24, 2.45) is 0 Å². The second-order valence-corrected chi connectivity index (χ2v) is 10.5. The lowest BCUT2D eigenvalue weighted by Gasteiger charge is -2.24. The number of hydrogen-bond donors (Lipinski definition) is 1. The Hall–Kier alpha value is -3.82. The van der Waals surface area contributed by atoms with Crippen molar-refractivity contribution in [2.75, 3.05) is 17.5 Å². The van der Waals surface area contributed by atoms with Crippen LogP contribution >= 0.6 is 11.6 Å². The van der Waals surface area contributed by atoms with Gasteiger partial charge in [0, 0.05) is 29.6 Å². The highest BCUT2D eigenvalue weighted by molar-refractivity contribution is 7.92. The lowest BCUT2D eigenvalue weighted by Crippen LogP contribution is -2.40. The van der Waals surface area contributed by atoms with Crippen molar-refractivity contribution in [3.05, 3.63) is 102 Å². The molecule has 3 aromatic carbocycles. The van der Waals surface area contributed by atoms with E-state index in [1.165, 1.54) is 24.3 Å². The molecule has 1 N–H and O–H groups in total. The quantitative estimate of drug-likeness (QED) is 0.315. The summed E-state index contributed by atoms with van der Waals surface area (Å²) in [6.07, 6.45) is 3.61. The maximum absolute atomic E-state index is 13.5. The fourth-order valence-electron chi connectivity index (χ4n) is 3.74. The fraction of sp³-hybridized carbons (Fsp3) is 0.185. The molecule has 1 heterocycles. The normalized spacial score (nSPS) is 11.2. The maximum Gasteiger partial charge on any atom is 0.264 e. The van der Waals surface area contributed by atoms with Crippen LogP contribution in [-0.2, 0) is 21.4 Å². The number of amides is 1. The van der Waals surface area contributed by atoms with Gasteiger partial charge in [0.1, 0.15) is 18.1 Å². The summed E-state index contributed by atoms with van der Waals surface area (Å²) in [7, 11) is -4.04. The molecule has 0 atom stereocenters. The number of carbonyl (C=O) groups is 1. The van der Waals surface area contributed by atoms with Crippen molar-refractivity contribution in [3.63, 3.8) is 0 Å². The third-order valence-electron chi connectivity index (χ3n) is 5.65. The van der Waals surface area contributed by atoms with Gasteiger partial charge in [-0.3, -0.25) is 9.10 Å². The molecule has 1 amide bonds. The van der Waals surface area contributed by atoms with Crippen molar-refractivity contribution in [1.29, 1.82) is 0 Å². The number of imidazole rings is 1. The third-order valence-corrected chi connectivity index (χ3v) is 7.69. The van der Waals surface area contributed by atoms with Gasteiger partial charge in [0.15, 0.2) is 0 Å². The van der Waals surface area contributed by atoms with Gasteiger partial charge in [-0.15, -0.1) is 0 Å². The Kier molecular flexibility index (Phi) is 8.15. The number of benzene rings is 3. The molecule has 37 heavy (non-hydrogen) atoms. The molecule has 0 unspecified atom stereocenters. The third kappa shape index (κ3) is 6.31. The first-order chi connectivity index (χ1) is 17.8. The summed E-state index contributed by atoms with van der Waals surface area (Å²) >= 11 is 5.94. The van der Waals surface area contributed by atoms with E-state index in [1.54, 1.807) is 30.5 Å². The first-order valence-corrected chi connectivity index (χ1v) is 13.5. The molecule has 192 valence electrons. The zero-order chi connectivity index (χ0) is 26.4. The molecule has 4 aromatic rings. The average molecular weight is 539 g/mol. The number of nitrogens with zero attached hydrogens (tertiary/aromatic N) is 3. The van der Waals surface area contributed by atoms with Crippen molar-refractivity contribution >= 4 is 33.2 Å². The average Bonchev–Trinajstić information content (AvgIpc) is 3.33. The highest BCUT2D eigenvalue weighted by atomic mass is 35.5. The number of rotatable bonds is 10. The first-order valence-electron chi connectivity index (χ1n) is 11.6. The van der Waals surface area contributed by atoms with Gasteiger partial charge in [-0.1, -0.05) is 23.7 Å². The SMILES string of the molecule is CCOc1ccc(N(CC(=O)NCc2ccc(-n3ccnc3C)cc2)S(=O)(=O)c2ccc(Cl)cc2)cc1. The van der Waals surface area contributed by atoms with Gasteiger partial charge in [0.2, 0.25) is 5.91 Å². The van der Waals surface area contributed by atoms with Gasteiger partial charge in [0.05, 0.1) is 17.2 Å². The number of aryl methyl sites for hydroxylation is 1. The van der Waals surface area contributed by atoms with Crippen LogP contribution in [0.4, 0.5) is 5.69 Å². The molecule has 0 saturated heterocycles. The van der Waals surface area contributed by atoms with Gasteiger partial charge in [0.25, 0.3) is 10.0 Å². The summed E-state index contributed by atoms with van der Waals surface area (Å²) in [4.78, 5) is 17.2. The first kappa shape index (κ1) is 26.2. The summed E-state index contributed by atoms with van der Waals surface area (Å²) in [6, 6.07) is 20.1. The van der Waals surface area contributed by atoms with E-state index in [9.17, 15) is 13.2 Å².